The Labute approximate surface area is 130 Å². The van der Waals surface area contributed by atoms with Gasteiger partial charge in [0.15, 0.2) is 0 Å². The summed E-state index contributed by atoms with van der Waals surface area (Å²) in [6, 6.07) is 15.2. The van der Waals surface area contributed by atoms with Crippen molar-refractivity contribution in [3.63, 3.8) is 0 Å². The Balaban J connectivity index is 1.93. The van der Waals surface area contributed by atoms with Crippen LogP contribution in [0, 0.1) is 5.82 Å². The molecular formula is C17H19FN2S. The Hall–Kier alpha value is -1.94. The number of thiocarbonyl (C=S) groups is 1. The van der Waals surface area contributed by atoms with E-state index in [1.165, 1.54) is 11.6 Å². The number of rotatable bonds is 6. The molecule has 0 aromatic heterocycles. The smallest absolute Gasteiger partial charge is 0.146 e. The van der Waals surface area contributed by atoms with Gasteiger partial charge in [-0.3, -0.25) is 0 Å². The highest BCUT2D eigenvalue weighted by atomic mass is 32.1. The standard InChI is InChI=1S/C17H19FN2S/c1-12(7-8-13-5-3-2-4-6-13)20-16-10-9-14(17(19)21)11-15(16)18/h2-6,9-12,20H,7-8H2,1H3,(H2,19,21). The summed E-state index contributed by atoms with van der Waals surface area (Å²) in [5, 5.41) is 3.19. The van der Waals surface area contributed by atoms with Gasteiger partial charge in [0.1, 0.15) is 10.8 Å². The van der Waals surface area contributed by atoms with Crippen molar-refractivity contribution in [1.29, 1.82) is 0 Å². The topological polar surface area (TPSA) is 38.0 Å². The van der Waals surface area contributed by atoms with Crippen molar-refractivity contribution in [2.24, 2.45) is 5.73 Å². The van der Waals surface area contributed by atoms with Gasteiger partial charge in [0.2, 0.25) is 0 Å². The molecule has 1 unspecified atom stereocenters. The highest BCUT2D eigenvalue weighted by molar-refractivity contribution is 7.80. The molecule has 2 rings (SSSR count). The van der Waals surface area contributed by atoms with E-state index in [0.717, 1.165) is 12.8 Å². The molecule has 2 nitrogen and oxygen atoms in total. The quantitative estimate of drug-likeness (QED) is 0.795. The molecule has 110 valence electrons. The molecule has 0 amide bonds. The molecule has 0 heterocycles. The lowest BCUT2D eigenvalue weighted by molar-refractivity contribution is 0.621. The lowest BCUT2D eigenvalue weighted by Gasteiger charge is -2.16. The van der Waals surface area contributed by atoms with Crippen molar-refractivity contribution in [1.82, 2.24) is 0 Å². The van der Waals surface area contributed by atoms with E-state index in [1.807, 2.05) is 25.1 Å². The van der Waals surface area contributed by atoms with E-state index in [9.17, 15) is 4.39 Å². The molecular weight excluding hydrogens is 283 g/mol. The zero-order valence-electron chi connectivity index (χ0n) is 12.0. The van der Waals surface area contributed by atoms with Crippen molar-refractivity contribution >= 4 is 22.9 Å². The molecule has 0 saturated heterocycles. The fourth-order valence-corrected chi connectivity index (χ4v) is 2.28. The molecule has 1 atom stereocenters. The summed E-state index contributed by atoms with van der Waals surface area (Å²) in [6.45, 7) is 2.05. The predicted molar refractivity (Wildman–Crippen MR) is 90.1 cm³/mol. The summed E-state index contributed by atoms with van der Waals surface area (Å²) in [6.07, 6.45) is 1.89. The Kier molecular flexibility index (Phi) is 5.28. The van der Waals surface area contributed by atoms with Gasteiger partial charge in [0.25, 0.3) is 0 Å². The second-order valence-electron chi connectivity index (χ2n) is 5.13. The first-order valence-corrected chi connectivity index (χ1v) is 7.37. The maximum atomic E-state index is 14.0. The van der Waals surface area contributed by atoms with Gasteiger partial charge in [-0.25, -0.2) is 4.39 Å². The van der Waals surface area contributed by atoms with Crippen molar-refractivity contribution < 1.29 is 4.39 Å². The SMILES string of the molecule is CC(CCc1ccccc1)Nc1ccc(C(N)=S)cc1F. The number of hydrogen-bond acceptors (Lipinski definition) is 2. The number of nitrogens with two attached hydrogens (primary N) is 1. The Morgan fingerprint density at radius 1 is 1.24 bits per heavy atom. The van der Waals surface area contributed by atoms with Crippen LogP contribution in [-0.4, -0.2) is 11.0 Å². The lowest BCUT2D eigenvalue weighted by Crippen LogP contribution is -2.17. The largest absolute Gasteiger partial charge is 0.389 e. The van der Waals surface area contributed by atoms with Crippen LogP contribution in [0.4, 0.5) is 10.1 Å². The molecule has 4 heteroatoms. The van der Waals surface area contributed by atoms with Crippen LogP contribution in [0.25, 0.3) is 0 Å². The first-order chi connectivity index (χ1) is 10.1. The van der Waals surface area contributed by atoms with Crippen molar-refractivity contribution in [3.05, 3.63) is 65.5 Å². The number of hydrogen-bond donors (Lipinski definition) is 2. The predicted octanol–water partition coefficient (Wildman–Crippen LogP) is 3.89. The summed E-state index contributed by atoms with van der Waals surface area (Å²) >= 11 is 4.84. The van der Waals surface area contributed by atoms with Crippen LogP contribution >= 0.6 is 12.2 Å². The molecule has 0 radical (unpaired) electrons. The van der Waals surface area contributed by atoms with Gasteiger partial charge in [0.05, 0.1) is 5.69 Å². The van der Waals surface area contributed by atoms with Crippen LogP contribution in [0.5, 0.6) is 0 Å². The van der Waals surface area contributed by atoms with Gasteiger partial charge in [-0.05, 0) is 43.5 Å². The first-order valence-electron chi connectivity index (χ1n) is 6.96. The first kappa shape index (κ1) is 15.4. The fourth-order valence-electron chi connectivity index (χ4n) is 2.15. The molecule has 3 N–H and O–H groups in total. The molecule has 21 heavy (non-hydrogen) atoms. The van der Waals surface area contributed by atoms with Gasteiger partial charge in [-0.1, -0.05) is 42.5 Å². The Morgan fingerprint density at radius 2 is 1.95 bits per heavy atom. The second kappa shape index (κ2) is 7.18. The number of benzene rings is 2. The average Bonchev–Trinajstić information content (AvgIpc) is 2.48. The summed E-state index contributed by atoms with van der Waals surface area (Å²) in [5.74, 6) is -0.327. The number of halogens is 1. The zero-order valence-corrected chi connectivity index (χ0v) is 12.8. The number of anilines is 1. The van der Waals surface area contributed by atoms with E-state index in [1.54, 1.807) is 12.1 Å². The number of aryl methyl sites for hydroxylation is 1. The minimum absolute atomic E-state index is 0.176. The molecule has 2 aromatic carbocycles. The summed E-state index contributed by atoms with van der Waals surface area (Å²) in [4.78, 5) is 0.206. The summed E-state index contributed by atoms with van der Waals surface area (Å²) in [5.41, 5.74) is 7.81. The van der Waals surface area contributed by atoms with E-state index in [4.69, 9.17) is 18.0 Å². The monoisotopic (exact) mass is 302 g/mol. The Morgan fingerprint density at radius 3 is 2.57 bits per heavy atom. The van der Waals surface area contributed by atoms with Crippen LogP contribution < -0.4 is 11.1 Å². The molecule has 0 saturated carbocycles. The van der Waals surface area contributed by atoms with E-state index >= 15 is 0 Å². The molecule has 0 fully saturated rings. The van der Waals surface area contributed by atoms with E-state index in [0.29, 0.717) is 11.3 Å². The normalized spacial score (nSPS) is 11.9. The zero-order chi connectivity index (χ0) is 15.2. The van der Waals surface area contributed by atoms with E-state index < -0.39 is 0 Å². The molecule has 0 spiro atoms. The van der Waals surface area contributed by atoms with Gasteiger partial charge in [0, 0.05) is 11.6 Å². The maximum absolute atomic E-state index is 14.0. The third kappa shape index (κ3) is 4.53. The summed E-state index contributed by atoms with van der Waals surface area (Å²) < 4.78 is 14.0. The highest BCUT2D eigenvalue weighted by Gasteiger charge is 2.08. The van der Waals surface area contributed by atoms with E-state index in [2.05, 4.69) is 17.4 Å². The van der Waals surface area contributed by atoms with Crippen LogP contribution in [0.15, 0.2) is 48.5 Å². The van der Waals surface area contributed by atoms with Gasteiger partial charge in [-0.2, -0.15) is 0 Å². The van der Waals surface area contributed by atoms with Crippen LogP contribution in [-0.2, 0) is 6.42 Å². The minimum Gasteiger partial charge on any atom is -0.389 e. The van der Waals surface area contributed by atoms with Crippen molar-refractivity contribution in [2.75, 3.05) is 5.32 Å². The minimum atomic E-state index is -0.327. The van der Waals surface area contributed by atoms with Gasteiger partial charge in [-0.15, -0.1) is 0 Å². The maximum Gasteiger partial charge on any atom is 0.146 e. The Bertz CT molecular complexity index is 613. The van der Waals surface area contributed by atoms with Gasteiger partial charge < -0.3 is 11.1 Å². The van der Waals surface area contributed by atoms with Crippen LogP contribution in [0.2, 0.25) is 0 Å². The average molecular weight is 302 g/mol. The summed E-state index contributed by atoms with van der Waals surface area (Å²) in [7, 11) is 0. The third-order valence-corrected chi connectivity index (χ3v) is 3.60. The third-order valence-electron chi connectivity index (χ3n) is 3.36. The lowest BCUT2D eigenvalue weighted by atomic mass is 10.1. The number of nitrogens with one attached hydrogen (secondary N) is 1. The molecule has 0 bridgehead atoms. The second-order valence-corrected chi connectivity index (χ2v) is 5.57. The van der Waals surface area contributed by atoms with Crippen molar-refractivity contribution in [2.45, 2.75) is 25.8 Å². The van der Waals surface area contributed by atoms with Crippen LogP contribution in [0.1, 0.15) is 24.5 Å². The van der Waals surface area contributed by atoms with E-state index in [-0.39, 0.29) is 16.8 Å². The molecule has 0 aliphatic rings. The van der Waals surface area contributed by atoms with Crippen LogP contribution in [0.3, 0.4) is 0 Å². The molecule has 0 aliphatic heterocycles. The molecule has 0 aliphatic carbocycles. The fraction of sp³-hybridized carbons (Fsp3) is 0.235. The molecule has 2 aromatic rings. The highest BCUT2D eigenvalue weighted by Crippen LogP contribution is 2.18. The van der Waals surface area contributed by atoms with Gasteiger partial charge >= 0.3 is 0 Å². The van der Waals surface area contributed by atoms with Crippen molar-refractivity contribution in [3.8, 4) is 0 Å².